The molecule has 1 amide bonds. The number of carbonyl (C=O) groups excluding carboxylic acids is 1. The van der Waals surface area contributed by atoms with Crippen LogP contribution in [0.25, 0.3) is 11.1 Å². The summed E-state index contributed by atoms with van der Waals surface area (Å²) in [5.74, 6) is 0.186. The minimum absolute atomic E-state index is 0.0173. The molecule has 3 atom stereocenters. The maximum absolute atomic E-state index is 12.1. The van der Waals surface area contributed by atoms with Gasteiger partial charge in [0.1, 0.15) is 5.60 Å². The van der Waals surface area contributed by atoms with Crippen molar-refractivity contribution < 1.29 is 19.4 Å². The zero-order valence-electron chi connectivity index (χ0n) is 24.2. The molecule has 214 valence electrons. The third kappa shape index (κ3) is 7.34. The molecular formula is C33H43N3O4. The van der Waals surface area contributed by atoms with Crippen LogP contribution in [0.3, 0.4) is 0 Å². The van der Waals surface area contributed by atoms with Gasteiger partial charge < -0.3 is 25.2 Å². The molecule has 1 aliphatic rings. The van der Waals surface area contributed by atoms with Gasteiger partial charge in [0.2, 0.25) is 5.91 Å². The number of carbonyl (C=O) groups is 1. The number of nitrogens with one attached hydrogen (secondary N) is 2. The zero-order chi connectivity index (χ0) is 28.5. The van der Waals surface area contributed by atoms with Crippen molar-refractivity contribution in [2.24, 2.45) is 5.92 Å². The van der Waals surface area contributed by atoms with Gasteiger partial charge in [0.05, 0.1) is 25.5 Å². The molecule has 7 heteroatoms. The Hall–Kier alpha value is -3.10. The van der Waals surface area contributed by atoms with E-state index in [0.717, 1.165) is 40.8 Å². The fraction of sp³-hybridized carbons (Fsp3) is 0.455. The van der Waals surface area contributed by atoms with E-state index in [4.69, 9.17) is 14.5 Å². The van der Waals surface area contributed by atoms with Gasteiger partial charge in [-0.15, -0.1) is 0 Å². The van der Waals surface area contributed by atoms with Gasteiger partial charge in [-0.2, -0.15) is 0 Å². The SMILES string of the molecule is COC[C@H](C)COCc1ccc([C@@]2(O)CCNC[C@@H]2c2ccc(-c3ccccc3CCNC(C)=O)cc2C)nc1. The predicted octanol–water partition coefficient (Wildman–Crippen LogP) is 4.50. The number of aliphatic hydroxyl groups is 1. The Kier molecular flexibility index (Phi) is 10.5. The average Bonchev–Trinajstić information content (AvgIpc) is 2.94. The fourth-order valence-corrected chi connectivity index (χ4v) is 5.65. The van der Waals surface area contributed by atoms with Gasteiger partial charge in [-0.3, -0.25) is 9.78 Å². The maximum atomic E-state index is 12.1. The number of nitrogens with zero attached hydrogens (tertiary/aromatic N) is 1. The van der Waals surface area contributed by atoms with Crippen LogP contribution in [0.1, 0.15) is 54.1 Å². The van der Waals surface area contributed by atoms with Crippen molar-refractivity contribution in [1.29, 1.82) is 0 Å². The summed E-state index contributed by atoms with van der Waals surface area (Å²) in [4.78, 5) is 16.0. The summed E-state index contributed by atoms with van der Waals surface area (Å²) in [6.07, 6.45) is 3.17. The second-order valence-electron chi connectivity index (χ2n) is 11.0. The zero-order valence-corrected chi connectivity index (χ0v) is 24.2. The van der Waals surface area contributed by atoms with Crippen LogP contribution in [0.15, 0.2) is 60.8 Å². The van der Waals surface area contributed by atoms with Crippen molar-refractivity contribution in [2.75, 3.05) is 40.0 Å². The Morgan fingerprint density at radius 2 is 2.02 bits per heavy atom. The number of aromatic nitrogens is 1. The molecule has 3 aromatic rings. The fourth-order valence-electron chi connectivity index (χ4n) is 5.65. The van der Waals surface area contributed by atoms with Gasteiger partial charge in [0, 0.05) is 45.2 Å². The molecule has 3 N–H and O–H groups in total. The van der Waals surface area contributed by atoms with E-state index >= 15 is 0 Å². The lowest BCUT2D eigenvalue weighted by Gasteiger charge is -2.41. The largest absolute Gasteiger partial charge is 0.384 e. The topological polar surface area (TPSA) is 92.7 Å². The van der Waals surface area contributed by atoms with E-state index < -0.39 is 5.60 Å². The molecule has 1 fully saturated rings. The molecule has 0 aliphatic carbocycles. The molecule has 4 rings (SSSR count). The Bertz CT molecular complexity index is 1260. The van der Waals surface area contributed by atoms with Crippen LogP contribution in [-0.2, 0) is 32.9 Å². The van der Waals surface area contributed by atoms with E-state index in [1.54, 1.807) is 14.0 Å². The molecular weight excluding hydrogens is 502 g/mol. The quantitative estimate of drug-likeness (QED) is 0.310. The van der Waals surface area contributed by atoms with Crippen LogP contribution in [0, 0.1) is 12.8 Å². The number of hydrogen-bond acceptors (Lipinski definition) is 6. The van der Waals surface area contributed by atoms with Crippen molar-refractivity contribution in [3.05, 3.63) is 88.7 Å². The highest BCUT2D eigenvalue weighted by atomic mass is 16.5. The number of amides is 1. The highest BCUT2D eigenvalue weighted by Gasteiger charge is 2.43. The molecule has 0 radical (unpaired) electrons. The summed E-state index contributed by atoms with van der Waals surface area (Å²) < 4.78 is 11.0. The lowest BCUT2D eigenvalue weighted by atomic mass is 9.73. The first-order valence-corrected chi connectivity index (χ1v) is 14.2. The first-order chi connectivity index (χ1) is 19.3. The summed E-state index contributed by atoms with van der Waals surface area (Å²) in [5, 5.41) is 18.4. The number of piperidine rings is 1. The molecule has 1 aliphatic heterocycles. The Morgan fingerprint density at radius 1 is 1.20 bits per heavy atom. The molecule has 2 aromatic carbocycles. The van der Waals surface area contributed by atoms with Crippen molar-refractivity contribution in [2.45, 2.75) is 51.7 Å². The predicted molar refractivity (Wildman–Crippen MR) is 158 cm³/mol. The van der Waals surface area contributed by atoms with E-state index in [1.165, 1.54) is 5.56 Å². The van der Waals surface area contributed by atoms with Gasteiger partial charge in [0.15, 0.2) is 0 Å². The van der Waals surface area contributed by atoms with Gasteiger partial charge in [-0.25, -0.2) is 0 Å². The van der Waals surface area contributed by atoms with Crippen LogP contribution < -0.4 is 10.6 Å². The molecule has 2 heterocycles. The molecule has 1 saturated heterocycles. The van der Waals surface area contributed by atoms with Gasteiger partial charge in [-0.1, -0.05) is 55.5 Å². The standard InChI is InChI=1S/C33H43N3O4/c1-23(20-39-4)21-40-22-26-9-12-32(36-18-26)33(38)14-16-34-19-31(33)29-11-10-28(17-24(29)2)30-8-6-5-7-27(30)13-15-35-25(3)37/h5-12,17-18,23,31,34,38H,13-16,19-22H2,1-4H3,(H,35,37)/t23-,31+,33+/m0/s1. The Balaban J connectivity index is 1.52. The van der Waals surface area contributed by atoms with Crippen LogP contribution in [0.2, 0.25) is 0 Å². The smallest absolute Gasteiger partial charge is 0.216 e. The van der Waals surface area contributed by atoms with E-state index in [-0.39, 0.29) is 11.8 Å². The summed E-state index contributed by atoms with van der Waals surface area (Å²) in [6.45, 7) is 9.55. The number of pyridine rings is 1. The molecule has 1 aromatic heterocycles. The lowest BCUT2D eigenvalue weighted by Crippen LogP contribution is -2.47. The summed E-state index contributed by atoms with van der Waals surface area (Å²) in [7, 11) is 1.70. The second kappa shape index (κ2) is 14.0. The van der Waals surface area contributed by atoms with Crippen LogP contribution in [0.4, 0.5) is 0 Å². The number of benzene rings is 2. The van der Waals surface area contributed by atoms with Gasteiger partial charge in [-0.05, 0) is 65.8 Å². The monoisotopic (exact) mass is 545 g/mol. The van der Waals surface area contributed by atoms with Crippen LogP contribution in [0.5, 0.6) is 0 Å². The first kappa shape index (κ1) is 29.9. The normalized spacial score (nSPS) is 19.8. The van der Waals surface area contributed by atoms with Crippen molar-refractivity contribution >= 4 is 5.91 Å². The minimum Gasteiger partial charge on any atom is -0.384 e. The number of hydrogen-bond donors (Lipinski definition) is 3. The minimum atomic E-state index is -1.07. The van der Waals surface area contributed by atoms with E-state index in [9.17, 15) is 9.90 Å². The number of methoxy groups -OCH3 is 1. The average molecular weight is 546 g/mol. The summed E-state index contributed by atoms with van der Waals surface area (Å²) >= 11 is 0. The summed E-state index contributed by atoms with van der Waals surface area (Å²) in [5.41, 5.74) is 6.36. The molecule has 0 spiro atoms. The highest BCUT2D eigenvalue weighted by Crippen LogP contribution is 2.42. The third-order valence-electron chi connectivity index (χ3n) is 7.74. The van der Waals surface area contributed by atoms with E-state index in [2.05, 4.69) is 54.8 Å². The Morgan fingerprint density at radius 3 is 2.75 bits per heavy atom. The Labute approximate surface area is 238 Å². The molecule has 40 heavy (non-hydrogen) atoms. The van der Waals surface area contributed by atoms with E-state index in [0.29, 0.717) is 50.9 Å². The highest BCUT2D eigenvalue weighted by molar-refractivity contribution is 5.73. The molecule has 0 bridgehead atoms. The van der Waals surface area contributed by atoms with Crippen molar-refractivity contribution in [3.63, 3.8) is 0 Å². The molecule has 7 nitrogen and oxygen atoms in total. The summed E-state index contributed by atoms with van der Waals surface area (Å²) in [6, 6.07) is 18.8. The van der Waals surface area contributed by atoms with Gasteiger partial charge in [0.25, 0.3) is 0 Å². The van der Waals surface area contributed by atoms with E-state index in [1.807, 2.05) is 30.5 Å². The molecule has 0 saturated carbocycles. The van der Waals surface area contributed by atoms with Crippen LogP contribution in [-0.4, -0.2) is 56.0 Å². The number of aryl methyl sites for hydroxylation is 1. The lowest BCUT2D eigenvalue weighted by molar-refractivity contribution is -0.118. The number of ether oxygens (including phenoxy) is 2. The van der Waals surface area contributed by atoms with Crippen LogP contribution >= 0.6 is 0 Å². The van der Waals surface area contributed by atoms with Gasteiger partial charge >= 0.3 is 0 Å². The first-order valence-electron chi connectivity index (χ1n) is 14.2. The second-order valence-corrected chi connectivity index (χ2v) is 11.0. The van der Waals surface area contributed by atoms with Crippen molar-refractivity contribution in [1.82, 2.24) is 15.6 Å². The number of rotatable bonds is 12. The molecule has 0 unspecified atom stereocenters. The third-order valence-corrected chi connectivity index (χ3v) is 7.74. The van der Waals surface area contributed by atoms with Crippen molar-refractivity contribution in [3.8, 4) is 11.1 Å². The maximum Gasteiger partial charge on any atom is 0.216 e.